The fourth-order valence-corrected chi connectivity index (χ4v) is 3.52. The molecule has 146 valence electrons. The molecule has 0 aliphatic rings. The molecule has 2 aromatic rings. The second-order valence-electron chi connectivity index (χ2n) is 6.50. The van der Waals surface area contributed by atoms with Gasteiger partial charge in [0.2, 0.25) is 0 Å². The second-order valence-corrected chi connectivity index (χ2v) is 8.26. The monoisotopic (exact) mass is 428 g/mol. The van der Waals surface area contributed by atoms with Crippen LogP contribution in [0, 0.1) is 0 Å². The zero-order valence-electron chi connectivity index (χ0n) is 15.5. The minimum atomic E-state index is -0.344. The Kier molecular flexibility index (Phi) is 7.47. The van der Waals surface area contributed by atoms with E-state index in [0.717, 1.165) is 0 Å². The van der Waals surface area contributed by atoms with Crippen LogP contribution >= 0.6 is 34.5 Å². The van der Waals surface area contributed by atoms with Crippen molar-refractivity contribution in [3.05, 3.63) is 44.3 Å². The third kappa shape index (κ3) is 5.82. The molecule has 0 unspecified atom stereocenters. The number of carbonyl (C=O) groups is 2. The number of thiazole rings is 1. The van der Waals surface area contributed by atoms with E-state index in [-0.39, 0.29) is 30.6 Å². The van der Waals surface area contributed by atoms with Crippen molar-refractivity contribution in [2.24, 2.45) is 0 Å². The summed E-state index contributed by atoms with van der Waals surface area (Å²) >= 11 is 13.6. The molecule has 2 rings (SSSR count). The Morgan fingerprint density at radius 3 is 2.37 bits per heavy atom. The van der Waals surface area contributed by atoms with Crippen molar-refractivity contribution in [2.75, 3.05) is 5.32 Å². The molecule has 1 aromatic carbocycles. The van der Waals surface area contributed by atoms with E-state index < -0.39 is 0 Å². The molecule has 1 heterocycles. The SMILES string of the molecule is CC(C)NC(=O)c1csc(CN(C(=O)Nc2c(Cl)cccc2Cl)C(C)C)n1. The number of amides is 3. The van der Waals surface area contributed by atoms with Gasteiger partial charge in [-0.2, -0.15) is 0 Å². The predicted molar refractivity (Wildman–Crippen MR) is 111 cm³/mol. The fraction of sp³-hybridized carbons (Fsp3) is 0.389. The topological polar surface area (TPSA) is 74.3 Å². The molecule has 3 amide bonds. The number of nitrogens with zero attached hydrogens (tertiary/aromatic N) is 2. The molecule has 0 saturated heterocycles. The van der Waals surface area contributed by atoms with E-state index in [1.165, 1.54) is 11.3 Å². The lowest BCUT2D eigenvalue weighted by Gasteiger charge is -2.26. The van der Waals surface area contributed by atoms with Crippen molar-refractivity contribution in [2.45, 2.75) is 46.3 Å². The lowest BCUT2D eigenvalue weighted by molar-refractivity contribution is 0.0938. The summed E-state index contributed by atoms with van der Waals surface area (Å²) in [5, 5.41) is 8.63. The van der Waals surface area contributed by atoms with Crippen LogP contribution in [0.25, 0.3) is 0 Å². The molecule has 9 heteroatoms. The molecule has 2 N–H and O–H groups in total. The van der Waals surface area contributed by atoms with Gasteiger partial charge in [-0.05, 0) is 39.8 Å². The number of benzene rings is 1. The number of nitrogens with one attached hydrogen (secondary N) is 2. The highest BCUT2D eigenvalue weighted by molar-refractivity contribution is 7.09. The second kappa shape index (κ2) is 9.39. The van der Waals surface area contributed by atoms with E-state index in [9.17, 15) is 9.59 Å². The van der Waals surface area contributed by atoms with Gasteiger partial charge in [0.1, 0.15) is 10.7 Å². The Morgan fingerprint density at radius 1 is 1.19 bits per heavy atom. The summed E-state index contributed by atoms with van der Waals surface area (Å²) in [6, 6.07) is 4.61. The largest absolute Gasteiger partial charge is 0.349 e. The first kappa shape index (κ1) is 21.5. The quantitative estimate of drug-likeness (QED) is 0.676. The summed E-state index contributed by atoms with van der Waals surface area (Å²) in [6.45, 7) is 7.83. The average Bonchev–Trinajstić information content (AvgIpc) is 3.04. The minimum absolute atomic E-state index is 0.0287. The maximum Gasteiger partial charge on any atom is 0.322 e. The highest BCUT2D eigenvalue weighted by Gasteiger charge is 2.21. The Balaban J connectivity index is 2.13. The number of carbonyl (C=O) groups excluding carboxylic acids is 2. The van der Waals surface area contributed by atoms with E-state index >= 15 is 0 Å². The molecule has 0 saturated carbocycles. The normalized spacial score (nSPS) is 11.0. The number of aromatic nitrogens is 1. The molecular weight excluding hydrogens is 407 g/mol. The highest BCUT2D eigenvalue weighted by Crippen LogP contribution is 2.30. The van der Waals surface area contributed by atoms with Gasteiger partial charge in [-0.3, -0.25) is 4.79 Å². The van der Waals surface area contributed by atoms with Crippen LogP contribution in [0.5, 0.6) is 0 Å². The maximum absolute atomic E-state index is 12.7. The summed E-state index contributed by atoms with van der Waals surface area (Å²) in [5.41, 5.74) is 0.717. The molecule has 0 spiro atoms. The molecule has 0 fully saturated rings. The summed E-state index contributed by atoms with van der Waals surface area (Å²) in [5.74, 6) is -0.226. The van der Waals surface area contributed by atoms with Crippen LogP contribution in [0.15, 0.2) is 23.6 Å². The summed E-state index contributed by atoms with van der Waals surface area (Å²) < 4.78 is 0. The van der Waals surface area contributed by atoms with Crippen LogP contribution in [0.3, 0.4) is 0 Å². The van der Waals surface area contributed by atoms with E-state index in [1.807, 2.05) is 27.7 Å². The summed E-state index contributed by atoms with van der Waals surface area (Å²) in [4.78, 5) is 30.7. The number of para-hydroxylation sites is 1. The number of urea groups is 1. The van der Waals surface area contributed by atoms with Gasteiger partial charge in [-0.1, -0.05) is 29.3 Å². The van der Waals surface area contributed by atoms with Crippen LogP contribution < -0.4 is 10.6 Å². The van der Waals surface area contributed by atoms with Crippen molar-refractivity contribution in [3.8, 4) is 0 Å². The first-order valence-electron chi connectivity index (χ1n) is 8.46. The zero-order chi connectivity index (χ0) is 20.1. The summed E-state index contributed by atoms with van der Waals surface area (Å²) in [6.07, 6.45) is 0. The van der Waals surface area contributed by atoms with Crippen molar-refractivity contribution in [1.29, 1.82) is 0 Å². The zero-order valence-corrected chi connectivity index (χ0v) is 17.9. The lowest BCUT2D eigenvalue weighted by Crippen LogP contribution is -2.39. The number of rotatable bonds is 6. The van der Waals surface area contributed by atoms with Crippen molar-refractivity contribution < 1.29 is 9.59 Å². The fourth-order valence-electron chi connectivity index (χ4n) is 2.25. The Bertz CT molecular complexity index is 803. The van der Waals surface area contributed by atoms with Gasteiger partial charge in [-0.25, -0.2) is 9.78 Å². The van der Waals surface area contributed by atoms with Crippen LogP contribution in [-0.2, 0) is 6.54 Å². The number of hydrogen-bond donors (Lipinski definition) is 2. The number of anilines is 1. The van der Waals surface area contributed by atoms with Gasteiger partial charge in [0, 0.05) is 17.5 Å². The van der Waals surface area contributed by atoms with Gasteiger partial charge in [0.05, 0.1) is 22.3 Å². The third-order valence-electron chi connectivity index (χ3n) is 3.59. The molecule has 1 aromatic heterocycles. The van der Waals surface area contributed by atoms with Gasteiger partial charge >= 0.3 is 6.03 Å². The predicted octanol–water partition coefficient (Wildman–Crippen LogP) is 5.03. The number of halogens is 2. The molecule has 0 aliphatic heterocycles. The Labute approximate surface area is 172 Å². The van der Waals surface area contributed by atoms with Crippen molar-refractivity contribution in [1.82, 2.24) is 15.2 Å². The van der Waals surface area contributed by atoms with E-state index in [4.69, 9.17) is 23.2 Å². The van der Waals surface area contributed by atoms with Gasteiger partial charge < -0.3 is 15.5 Å². The molecule has 27 heavy (non-hydrogen) atoms. The Hall–Kier alpha value is -1.83. The molecule has 0 radical (unpaired) electrons. The first-order valence-corrected chi connectivity index (χ1v) is 10.1. The smallest absolute Gasteiger partial charge is 0.322 e. The van der Waals surface area contributed by atoms with E-state index in [1.54, 1.807) is 28.5 Å². The average molecular weight is 429 g/mol. The van der Waals surface area contributed by atoms with Crippen LogP contribution in [-0.4, -0.2) is 33.9 Å². The van der Waals surface area contributed by atoms with Crippen LogP contribution in [0.1, 0.15) is 43.2 Å². The van der Waals surface area contributed by atoms with Crippen LogP contribution in [0.2, 0.25) is 10.0 Å². The summed E-state index contributed by atoms with van der Waals surface area (Å²) in [7, 11) is 0. The molecule has 0 bridgehead atoms. The maximum atomic E-state index is 12.7. The van der Waals surface area contributed by atoms with Gasteiger partial charge in [-0.15, -0.1) is 11.3 Å². The Morgan fingerprint density at radius 2 is 1.81 bits per heavy atom. The highest BCUT2D eigenvalue weighted by atomic mass is 35.5. The minimum Gasteiger partial charge on any atom is -0.349 e. The number of hydrogen-bond acceptors (Lipinski definition) is 4. The molecule has 0 aliphatic carbocycles. The van der Waals surface area contributed by atoms with Crippen LogP contribution in [0.4, 0.5) is 10.5 Å². The van der Waals surface area contributed by atoms with Gasteiger partial charge in [0.15, 0.2) is 0 Å². The van der Waals surface area contributed by atoms with E-state index in [0.29, 0.717) is 26.4 Å². The first-order chi connectivity index (χ1) is 12.7. The van der Waals surface area contributed by atoms with Crippen molar-refractivity contribution >= 4 is 52.2 Å². The lowest BCUT2D eigenvalue weighted by atomic mass is 10.3. The standard InChI is InChI=1S/C18H22Cl2N4O2S/c1-10(2)21-17(25)14-9-27-15(22-14)8-24(11(3)4)18(26)23-16-12(19)6-5-7-13(16)20/h5-7,9-11H,8H2,1-4H3,(H,21,25)(H,23,26). The van der Waals surface area contributed by atoms with E-state index in [2.05, 4.69) is 15.6 Å². The molecular formula is C18H22Cl2N4O2S. The molecule has 6 nitrogen and oxygen atoms in total. The molecule has 0 atom stereocenters. The third-order valence-corrected chi connectivity index (χ3v) is 5.05. The van der Waals surface area contributed by atoms with Gasteiger partial charge in [0.25, 0.3) is 5.91 Å². The van der Waals surface area contributed by atoms with Crippen molar-refractivity contribution in [3.63, 3.8) is 0 Å².